The van der Waals surface area contributed by atoms with Gasteiger partial charge in [-0.1, -0.05) is 72.8 Å². The number of benzene rings is 5. The fourth-order valence-corrected chi connectivity index (χ4v) is 6.40. The van der Waals surface area contributed by atoms with E-state index >= 15 is 0 Å². The van der Waals surface area contributed by atoms with E-state index in [0.717, 1.165) is 6.92 Å². The molecule has 0 aliphatic rings. The smallest absolute Gasteiger partial charge is 0.481 e. The molecule has 5 aromatic carbocycles. The maximum atomic E-state index is 9.00. The molecule has 0 heterocycles. The average molecular weight is 600 g/mol. The summed E-state index contributed by atoms with van der Waals surface area (Å²) in [5.74, 6) is -0.833. The summed E-state index contributed by atoms with van der Waals surface area (Å²) in [6.07, 6.45) is 0. The maximum absolute atomic E-state index is 9.00. The summed E-state index contributed by atoms with van der Waals surface area (Å²) in [7, 11) is 3.23. The van der Waals surface area contributed by atoms with E-state index in [1.54, 1.807) is 0 Å². The minimum absolute atomic E-state index is 0. The van der Waals surface area contributed by atoms with Crippen molar-refractivity contribution in [3.05, 3.63) is 133 Å². The van der Waals surface area contributed by atoms with Crippen LogP contribution in [0.2, 0.25) is 0 Å². The summed E-state index contributed by atoms with van der Waals surface area (Å²) in [6.45, 7) is 1.08. The van der Waals surface area contributed by atoms with Crippen LogP contribution < -0.4 is 20.8 Å². The zero-order valence-electron chi connectivity index (χ0n) is 21.2. The number of aliphatic carboxylic acids is 1. The molecule has 0 aliphatic carbocycles. The first-order chi connectivity index (χ1) is 17.5. The van der Waals surface area contributed by atoms with Crippen LogP contribution in [-0.4, -0.2) is 25.2 Å². The molecule has 0 unspecified atom stereocenters. The predicted molar refractivity (Wildman–Crippen MR) is 157 cm³/mol. The molecular formula is C32H32NO2PPd+2. The number of hydrogen-bond acceptors (Lipinski definition) is 2. The number of anilines is 1. The Bertz CT molecular complexity index is 1240. The quantitative estimate of drug-likeness (QED) is 0.157. The first kappa shape index (κ1) is 29.9. The maximum Gasteiger partial charge on any atom is 2.00 e. The molecule has 5 aromatic rings. The van der Waals surface area contributed by atoms with Gasteiger partial charge in [0, 0.05) is 6.92 Å². The zero-order chi connectivity index (χ0) is 25.8. The topological polar surface area (TPSA) is 40.5 Å². The minimum Gasteiger partial charge on any atom is -0.481 e. The van der Waals surface area contributed by atoms with E-state index in [2.05, 4.69) is 140 Å². The van der Waals surface area contributed by atoms with Crippen LogP contribution in [0.15, 0.2) is 127 Å². The molecule has 0 saturated carbocycles. The van der Waals surface area contributed by atoms with Gasteiger partial charge in [0.25, 0.3) is 5.97 Å². The molecule has 0 atom stereocenters. The van der Waals surface area contributed by atoms with E-state index in [-0.39, 0.29) is 20.4 Å². The van der Waals surface area contributed by atoms with Crippen molar-refractivity contribution < 1.29 is 30.3 Å². The first-order valence-electron chi connectivity index (χ1n) is 11.8. The van der Waals surface area contributed by atoms with Crippen LogP contribution >= 0.6 is 7.92 Å². The van der Waals surface area contributed by atoms with E-state index < -0.39 is 13.9 Å². The molecule has 5 rings (SSSR count). The van der Waals surface area contributed by atoms with Crippen molar-refractivity contribution >= 4 is 46.3 Å². The minimum atomic E-state index is -0.877. The third-order valence-electron chi connectivity index (χ3n) is 5.34. The normalized spacial score (nSPS) is 9.73. The summed E-state index contributed by atoms with van der Waals surface area (Å²) < 4.78 is 0. The second-order valence-electron chi connectivity index (χ2n) is 8.30. The third kappa shape index (κ3) is 9.27. The van der Waals surface area contributed by atoms with E-state index in [4.69, 9.17) is 9.90 Å². The molecule has 190 valence electrons. The third-order valence-corrected chi connectivity index (χ3v) is 8.08. The Hall–Kier alpha value is -3.28. The van der Waals surface area contributed by atoms with E-state index in [9.17, 15) is 0 Å². The Morgan fingerprint density at radius 1 is 0.676 bits per heavy atom. The van der Waals surface area contributed by atoms with Crippen LogP contribution in [0.4, 0.5) is 5.69 Å². The Labute approximate surface area is 235 Å². The van der Waals surface area contributed by atoms with Crippen LogP contribution in [0, 0.1) is 6.07 Å². The van der Waals surface area contributed by atoms with Gasteiger partial charge in [0.05, 0.1) is 7.92 Å². The second kappa shape index (κ2) is 15.8. The molecule has 5 heteroatoms. The van der Waals surface area contributed by atoms with Gasteiger partial charge in [-0.3, -0.25) is 4.79 Å². The molecule has 0 fully saturated rings. The first-order valence-corrected chi connectivity index (χ1v) is 13.3. The summed E-state index contributed by atoms with van der Waals surface area (Å²) in [6, 6.07) is 48.1. The van der Waals surface area contributed by atoms with Crippen molar-refractivity contribution in [1.82, 2.24) is 0 Å². The van der Waals surface area contributed by atoms with Crippen LogP contribution in [0.25, 0.3) is 10.8 Å². The summed E-state index contributed by atoms with van der Waals surface area (Å²) in [4.78, 5) is 11.1. The molecule has 0 aliphatic heterocycles. The van der Waals surface area contributed by atoms with Gasteiger partial charge < -0.3 is 10.0 Å². The molecule has 37 heavy (non-hydrogen) atoms. The van der Waals surface area contributed by atoms with Gasteiger partial charge >= 0.3 is 20.4 Å². The predicted octanol–water partition coefficient (Wildman–Crippen LogP) is 5.97. The summed E-state index contributed by atoms with van der Waals surface area (Å²) in [5, 5.41) is 14.2. The van der Waals surface area contributed by atoms with E-state index in [1.165, 1.54) is 32.4 Å². The molecule has 0 spiro atoms. The van der Waals surface area contributed by atoms with Gasteiger partial charge in [0.1, 0.15) is 15.9 Å². The Morgan fingerprint density at radius 2 is 1.08 bits per heavy atom. The molecule has 0 radical (unpaired) electrons. The summed E-state index contributed by atoms with van der Waals surface area (Å²) >= 11 is 0. The molecule has 0 saturated heterocycles. The Kier molecular flexibility index (Phi) is 12.7. The molecular weight excluding hydrogens is 568 g/mol. The van der Waals surface area contributed by atoms with Crippen molar-refractivity contribution in [3.8, 4) is 0 Å². The molecule has 0 bridgehead atoms. The van der Waals surface area contributed by atoms with Crippen molar-refractivity contribution in [2.45, 2.75) is 6.92 Å². The SMILES string of the molecule is CC(=O)O.CN(C)c1cccc2ccc[c-]c12.[Pd+2].c1ccc([PH+](c2ccccc2)c2ccccc2)cc1. The van der Waals surface area contributed by atoms with Crippen molar-refractivity contribution in [2.24, 2.45) is 0 Å². The largest absolute Gasteiger partial charge is 2.00 e. The average Bonchev–Trinajstić information content (AvgIpc) is 2.90. The van der Waals surface area contributed by atoms with Crippen LogP contribution in [0.3, 0.4) is 0 Å². The van der Waals surface area contributed by atoms with Crippen LogP contribution in [0.1, 0.15) is 6.92 Å². The Morgan fingerprint density at radius 3 is 1.49 bits per heavy atom. The number of carboxylic acids is 1. The standard InChI is InChI=1S/C18H15P.C12H12N.C2H4O2.Pd/c1-4-10-16(11-5-1)19(17-12-6-2-7-13-17)18-14-8-3-9-15-18;1-13(2)12-9-5-7-10-6-3-4-8-11(10)12;1-2(3)4;/h1-15H;3-7,9H,1-2H3;1H3,(H,3,4);/q;-1;;+2/p+1. The molecule has 0 aromatic heterocycles. The number of carboxylic acid groups (broad SMARTS) is 1. The van der Waals surface area contributed by atoms with E-state index in [0.29, 0.717) is 0 Å². The number of fused-ring (bicyclic) bond motifs is 1. The van der Waals surface area contributed by atoms with Gasteiger partial charge in [-0.05, 0) is 56.2 Å². The van der Waals surface area contributed by atoms with Crippen molar-refractivity contribution in [2.75, 3.05) is 19.0 Å². The van der Waals surface area contributed by atoms with Crippen LogP contribution in [-0.2, 0) is 25.2 Å². The number of carbonyl (C=O) groups is 1. The molecule has 0 amide bonds. The zero-order valence-corrected chi connectivity index (χ0v) is 23.8. The van der Waals surface area contributed by atoms with Gasteiger partial charge in [-0.15, -0.1) is 35.0 Å². The number of hydrogen-bond donors (Lipinski definition) is 1. The van der Waals surface area contributed by atoms with Gasteiger partial charge in [0.2, 0.25) is 0 Å². The van der Waals surface area contributed by atoms with Gasteiger partial charge in [-0.2, -0.15) is 0 Å². The summed E-state index contributed by atoms with van der Waals surface area (Å²) in [5.41, 5.74) is 1.22. The van der Waals surface area contributed by atoms with Crippen molar-refractivity contribution in [1.29, 1.82) is 0 Å². The van der Waals surface area contributed by atoms with Crippen molar-refractivity contribution in [3.63, 3.8) is 0 Å². The Balaban J connectivity index is 0.000000233. The fraction of sp³-hybridized carbons (Fsp3) is 0.0938. The molecule has 1 N–H and O–H groups in total. The fourth-order valence-electron chi connectivity index (χ4n) is 3.82. The van der Waals surface area contributed by atoms with E-state index in [1.807, 2.05) is 12.1 Å². The second-order valence-corrected chi connectivity index (χ2v) is 10.8. The number of rotatable bonds is 4. The van der Waals surface area contributed by atoms with Gasteiger partial charge in [-0.25, -0.2) is 0 Å². The number of nitrogens with zero attached hydrogens (tertiary/aromatic N) is 1. The van der Waals surface area contributed by atoms with Crippen LogP contribution in [0.5, 0.6) is 0 Å². The molecule has 3 nitrogen and oxygen atoms in total. The van der Waals surface area contributed by atoms with Gasteiger partial charge in [0.15, 0.2) is 0 Å². The monoisotopic (exact) mass is 599 g/mol.